The Balaban J connectivity index is 1.38. The Labute approximate surface area is 215 Å². The maximum atomic E-state index is 12.7. The van der Waals surface area contributed by atoms with E-state index in [0.29, 0.717) is 30.8 Å². The van der Waals surface area contributed by atoms with Gasteiger partial charge in [-0.1, -0.05) is 66.7 Å². The fraction of sp³-hybridized carbons (Fsp3) is 0.200. The van der Waals surface area contributed by atoms with Gasteiger partial charge in [-0.2, -0.15) is 0 Å². The summed E-state index contributed by atoms with van der Waals surface area (Å²) in [6, 6.07) is 26.6. The molecule has 0 aliphatic carbocycles. The zero-order chi connectivity index (χ0) is 25.5. The fourth-order valence-electron chi connectivity index (χ4n) is 3.85. The number of carbonyl (C=O) groups excluding carboxylic acids is 1. The highest BCUT2D eigenvalue weighted by molar-refractivity contribution is 7.15. The Morgan fingerprint density at radius 1 is 0.917 bits per heavy atom. The molecule has 1 heterocycles. The van der Waals surface area contributed by atoms with Crippen molar-refractivity contribution in [2.24, 2.45) is 0 Å². The van der Waals surface area contributed by atoms with Crippen molar-refractivity contribution in [2.45, 2.75) is 33.0 Å². The second-order valence-electron chi connectivity index (χ2n) is 8.41. The normalized spacial score (nSPS) is 11.7. The van der Waals surface area contributed by atoms with Crippen molar-refractivity contribution in [2.75, 3.05) is 6.61 Å². The van der Waals surface area contributed by atoms with Crippen molar-refractivity contribution in [1.29, 1.82) is 0 Å². The Hall–Kier alpha value is -3.74. The van der Waals surface area contributed by atoms with Crippen LogP contribution in [0.3, 0.4) is 0 Å². The van der Waals surface area contributed by atoms with E-state index in [-0.39, 0.29) is 5.78 Å². The minimum atomic E-state index is -0.960. The van der Waals surface area contributed by atoms with Crippen LogP contribution in [0.25, 0.3) is 10.4 Å². The number of benzene rings is 3. The van der Waals surface area contributed by atoms with Crippen LogP contribution in [0, 0.1) is 6.92 Å². The average molecular weight is 501 g/mol. The molecule has 1 atom stereocenters. The second-order valence-corrected chi connectivity index (χ2v) is 9.55. The van der Waals surface area contributed by atoms with Crippen LogP contribution in [-0.2, 0) is 22.6 Å². The zero-order valence-corrected chi connectivity index (χ0v) is 21.1. The lowest BCUT2D eigenvalue weighted by Gasteiger charge is -2.13. The van der Waals surface area contributed by atoms with Gasteiger partial charge in [0.2, 0.25) is 0 Å². The topological polar surface area (TPSA) is 72.8 Å². The quantitative estimate of drug-likeness (QED) is 0.236. The first-order valence-corrected chi connectivity index (χ1v) is 12.6. The number of ketones is 1. The highest BCUT2D eigenvalue weighted by Gasteiger charge is 2.18. The van der Waals surface area contributed by atoms with Gasteiger partial charge < -0.3 is 14.6 Å². The van der Waals surface area contributed by atoms with E-state index in [9.17, 15) is 14.7 Å². The van der Waals surface area contributed by atoms with Gasteiger partial charge in [0.25, 0.3) is 0 Å². The molecule has 184 valence electrons. The highest BCUT2D eigenvalue weighted by atomic mass is 32.1. The first kappa shape index (κ1) is 25.4. The van der Waals surface area contributed by atoms with Gasteiger partial charge in [0.15, 0.2) is 11.9 Å². The number of hydrogen-bond donors (Lipinski definition) is 1. The smallest absolute Gasteiger partial charge is 0.333 e. The number of thiophene rings is 1. The van der Waals surface area contributed by atoms with Crippen molar-refractivity contribution < 1.29 is 24.2 Å². The third-order valence-electron chi connectivity index (χ3n) is 5.85. The number of ether oxygens (including phenoxy) is 2. The van der Waals surface area contributed by atoms with Crippen LogP contribution in [0.5, 0.6) is 5.75 Å². The lowest BCUT2D eigenvalue weighted by molar-refractivity contribution is -0.149. The molecule has 0 radical (unpaired) electrons. The molecule has 0 saturated heterocycles. The predicted molar refractivity (Wildman–Crippen MR) is 142 cm³/mol. The summed E-state index contributed by atoms with van der Waals surface area (Å²) in [6.07, 6.45) is -0.536. The van der Waals surface area contributed by atoms with E-state index >= 15 is 0 Å². The summed E-state index contributed by atoms with van der Waals surface area (Å²) < 4.78 is 11.3. The molecular formula is C30H28O5S. The Morgan fingerprint density at radius 2 is 1.58 bits per heavy atom. The summed E-state index contributed by atoms with van der Waals surface area (Å²) in [4.78, 5) is 26.2. The minimum Gasteiger partial charge on any atom is -0.488 e. The molecule has 36 heavy (non-hydrogen) atoms. The molecule has 0 aliphatic rings. The van der Waals surface area contributed by atoms with Crippen LogP contribution < -0.4 is 4.74 Å². The van der Waals surface area contributed by atoms with Gasteiger partial charge in [-0.15, -0.1) is 11.3 Å². The number of carboxylic acid groups (broad SMARTS) is 1. The van der Waals surface area contributed by atoms with Crippen LogP contribution in [0.4, 0.5) is 0 Å². The van der Waals surface area contributed by atoms with Gasteiger partial charge >= 0.3 is 5.97 Å². The van der Waals surface area contributed by atoms with Gasteiger partial charge in [0, 0.05) is 33.9 Å². The molecular weight excluding hydrogens is 472 g/mol. The maximum absolute atomic E-state index is 12.7. The van der Waals surface area contributed by atoms with Gasteiger partial charge in [0.05, 0.1) is 0 Å². The van der Waals surface area contributed by atoms with Crippen LogP contribution in [0.2, 0.25) is 0 Å². The molecule has 0 amide bonds. The van der Waals surface area contributed by atoms with Crippen molar-refractivity contribution in [3.63, 3.8) is 0 Å². The molecule has 1 unspecified atom stereocenters. The van der Waals surface area contributed by atoms with E-state index < -0.39 is 12.1 Å². The molecule has 0 saturated carbocycles. The van der Waals surface area contributed by atoms with Gasteiger partial charge in [0.1, 0.15) is 12.4 Å². The first-order chi connectivity index (χ1) is 17.4. The zero-order valence-electron chi connectivity index (χ0n) is 20.3. The number of carboxylic acids is 1. The molecule has 0 aliphatic heterocycles. The minimum absolute atomic E-state index is 0.0148. The SMILES string of the molecule is CCOC(Cc1ccc(OCc2sc(-c3ccc(C(=O)c4ccccc4)cc3)cc2C)cc1)C(=O)O. The number of aryl methyl sites for hydroxylation is 1. The first-order valence-electron chi connectivity index (χ1n) is 11.8. The Bertz CT molecular complexity index is 1310. The standard InChI is InChI=1S/C30H28O5S/c1-3-34-26(30(32)33)18-21-9-15-25(16-10-21)35-19-28-20(2)17-27(36-28)22-11-13-24(14-12-22)29(31)23-7-5-4-6-8-23/h4-17,26H,3,18-19H2,1-2H3,(H,32,33). The van der Waals surface area contributed by atoms with Crippen LogP contribution in [-0.4, -0.2) is 29.6 Å². The van der Waals surface area contributed by atoms with E-state index in [1.807, 2.05) is 78.9 Å². The second kappa shape index (κ2) is 11.8. The molecule has 1 N–H and O–H groups in total. The van der Waals surface area contributed by atoms with Crippen LogP contribution in [0.15, 0.2) is 84.9 Å². The van der Waals surface area contributed by atoms with Crippen molar-refractivity contribution >= 4 is 23.1 Å². The molecule has 1 aromatic heterocycles. The van der Waals surface area contributed by atoms with Crippen LogP contribution >= 0.6 is 11.3 Å². The van der Waals surface area contributed by atoms with Gasteiger partial charge in [-0.25, -0.2) is 4.79 Å². The monoisotopic (exact) mass is 500 g/mol. The van der Waals surface area contributed by atoms with Gasteiger partial charge in [-0.05, 0) is 48.7 Å². The summed E-state index contributed by atoms with van der Waals surface area (Å²) in [5.41, 5.74) is 4.44. The summed E-state index contributed by atoms with van der Waals surface area (Å²) in [5.74, 6) is -0.222. The molecule has 5 nitrogen and oxygen atoms in total. The van der Waals surface area contributed by atoms with Crippen molar-refractivity contribution in [3.05, 3.63) is 112 Å². The molecule has 0 fully saturated rings. The van der Waals surface area contributed by atoms with Gasteiger partial charge in [-0.3, -0.25) is 4.79 Å². The van der Waals surface area contributed by atoms with E-state index in [1.165, 1.54) is 0 Å². The molecule has 3 aromatic carbocycles. The Morgan fingerprint density at radius 3 is 2.22 bits per heavy atom. The number of carbonyl (C=O) groups is 2. The van der Waals surface area contributed by atoms with Crippen molar-refractivity contribution in [1.82, 2.24) is 0 Å². The average Bonchev–Trinajstić information content (AvgIpc) is 3.28. The maximum Gasteiger partial charge on any atom is 0.333 e. The molecule has 0 bridgehead atoms. The molecule has 4 rings (SSSR count). The van der Waals surface area contributed by atoms with E-state index in [2.05, 4.69) is 13.0 Å². The lowest BCUT2D eigenvalue weighted by Crippen LogP contribution is -2.26. The fourth-order valence-corrected chi connectivity index (χ4v) is 4.94. The summed E-state index contributed by atoms with van der Waals surface area (Å²) in [6.45, 7) is 4.65. The highest BCUT2D eigenvalue weighted by Crippen LogP contribution is 2.32. The van der Waals surface area contributed by atoms with Crippen molar-refractivity contribution in [3.8, 4) is 16.2 Å². The molecule has 6 heteroatoms. The molecule has 4 aromatic rings. The van der Waals surface area contributed by atoms with E-state index in [1.54, 1.807) is 18.3 Å². The van der Waals surface area contributed by atoms with Crippen LogP contribution in [0.1, 0.15) is 38.8 Å². The van der Waals surface area contributed by atoms with E-state index in [0.717, 1.165) is 32.2 Å². The summed E-state index contributed by atoms with van der Waals surface area (Å²) in [5, 5.41) is 9.26. The summed E-state index contributed by atoms with van der Waals surface area (Å²) in [7, 11) is 0. The molecule has 0 spiro atoms. The predicted octanol–water partition coefficient (Wildman–Crippen LogP) is 6.57. The third-order valence-corrected chi connectivity index (χ3v) is 7.11. The number of aliphatic carboxylic acids is 1. The number of rotatable bonds is 11. The summed E-state index contributed by atoms with van der Waals surface area (Å²) >= 11 is 1.67. The number of hydrogen-bond acceptors (Lipinski definition) is 5. The largest absolute Gasteiger partial charge is 0.488 e. The van der Waals surface area contributed by atoms with E-state index in [4.69, 9.17) is 9.47 Å². The third kappa shape index (κ3) is 6.27. The Kier molecular flexibility index (Phi) is 8.31. The lowest BCUT2D eigenvalue weighted by atomic mass is 10.0.